The Morgan fingerprint density at radius 1 is 1.33 bits per heavy atom. The average Bonchev–Trinajstić information content (AvgIpc) is 2.35. The third kappa shape index (κ3) is 2.70. The molecule has 1 fully saturated rings. The van der Waals surface area contributed by atoms with Crippen LogP contribution in [0.3, 0.4) is 0 Å². The van der Waals surface area contributed by atoms with Crippen LogP contribution in [-0.4, -0.2) is 36.9 Å². The predicted molar refractivity (Wildman–Crippen MR) is 59.2 cm³/mol. The van der Waals surface area contributed by atoms with Gasteiger partial charge >= 0.3 is 11.9 Å². The number of ether oxygens (including phenoxy) is 2. The Morgan fingerprint density at radius 2 is 2.06 bits per heavy atom. The van der Waals surface area contributed by atoms with Gasteiger partial charge in [0.05, 0.1) is 6.61 Å². The van der Waals surface area contributed by atoms with Gasteiger partial charge in [-0.25, -0.2) is 9.78 Å². The Balaban J connectivity index is 2.05. The molecule has 6 nitrogen and oxygen atoms in total. The van der Waals surface area contributed by atoms with Crippen LogP contribution in [-0.2, 0) is 28.8 Å². The van der Waals surface area contributed by atoms with Crippen molar-refractivity contribution in [2.24, 2.45) is 5.92 Å². The van der Waals surface area contributed by atoms with Gasteiger partial charge in [-0.1, -0.05) is 6.08 Å². The van der Waals surface area contributed by atoms with Crippen molar-refractivity contribution in [1.29, 1.82) is 0 Å². The van der Waals surface area contributed by atoms with Gasteiger partial charge in [0, 0.05) is 19.8 Å². The third-order valence-electron chi connectivity index (χ3n) is 3.12. The van der Waals surface area contributed by atoms with Gasteiger partial charge in [-0.05, 0) is 12.5 Å². The highest BCUT2D eigenvalue weighted by Crippen LogP contribution is 2.39. The van der Waals surface area contributed by atoms with Crippen LogP contribution in [0.1, 0.15) is 20.3 Å². The molecule has 0 aromatic rings. The van der Waals surface area contributed by atoms with Crippen molar-refractivity contribution in [2.75, 3.05) is 13.2 Å². The van der Waals surface area contributed by atoms with Crippen molar-refractivity contribution in [1.82, 2.24) is 0 Å². The molecule has 0 saturated carbocycles. The molecule has 2 bridgehead atoms. The zero-order chi connectivity index (χ0) is 13.2. The number of esters is 2. The molecule has 2 heterocycles. The summed E-state index contributed by atoms with van der Waals surface area (Å²) in [5.41, 5.74) is -0.851. The molecule has 1 aliphatic carbocycles. The molecule has 0 spiro atoms. The molecule has 100 valence electrons. The van der Waals surface area contributed by atoms with Gasteiger partial charge in [-0.15, -0.1) is 0 Å². The minimum atomic E-state index is -0.851. The Labute approximate surface area is 105 Å². The maximum Gasteiger partial charge on any atom is 0.302 e. The molecule has 3 aliphatic rings. The summed E-state index contributed by atoms with van der Waals surface area (Å²) in [6.07, 6.45) is 4.23. The van der Waals surface area contributed by atoms with Crippen molar-refractivity contribution in [2.45, 2.75) is 32.0 Å². The Bertz CT molecular complexity index is 377. The molecule has 3 rings (SSSR count). The topological polar surface area (TPSA) is 71.1 Å². The van der Waals surface area contributed by atoms with Crippen molar-refractivity contribution in [3.63, 3.8) is 0 Å². The van der Waals surface area contributed by atoms with Crippen LogP contribution in [0.15, 0.2) is 12.2 Å². The summed E-state index contributed by atoms with van der Waals surface area (Å²) in [4.78, 5) is 32.2. The van der Waals surface area contributed by atoms with Crippen LogP contribution in [0.2, 0.25) is 0 Å². The van der Waals surface area contributed by atoms with Gasteiger partial charge in [-0.3, -0.25) is 9.59 Å². The van der Waals surface area contributed by atoms with Gasteiger partial charge in [0.15, 0.2) is 5.60 Å². The lowest BCUT2D eigenvalue weighted by molar-refractivity contribution is -0.416. The van der Waals surface area contributed by atoms with Crippen molar-refractivity contribution in [3.05, 3.63) is 12.2 Å². The second kappa shape index (κ2) is 5.07. The number of fused-ring (bicyclic) bond motifs is 2. The quantitative estimate of drug-likeness (QED) is 0.420. The largest absolute Gasteiger partial charge is 0.465 e. The van der Waals surface area contributed by atoms with Crippen molar-refractivity contribution < 1.29 is 28.8 Å². The standard InChI is InChI=1S/C12H16O6/c1-8(13)15-6-10-5-11-3-4-12(10,18-17-11)7-16-9(2)14/h3-4,10-11H,5-7H2,1-2H3/t10?,11-,12-/m1/s1. The van der Waals surface area contributed by atoms with Crippen LogP contribution < -0.4 is 0 Å². The number of rotatable bonds is 4. The molecule has 0 aromatic carbocycles. The van der Waals surface area contributed by atoms with Crippen LogP contribution in [0.5, 0.6) is 0 Å². The lowest BCUT2D eigenvalue weighted by Crippen LogP contribution is -2.54. The van der Waals surface area contributed by atoms with Gasteiger partial charge in [-0.2, -0.15) is 0 Å². The van der Waals surface area contributed by atoms with E-state index in [4.69, 9.17) is 19.2 Å². The van der Waals surface area contributed by atoms with E-state index in [0.717, 1.165) is 0 Å². The first-order valence-electron chi connectivity index (χ1n) is 5.82. The smallest absolute Gasteiger partial charge is 0.302 e. The molecule has 1 unspecified atom stereocenters. The second-order valence-corrected chi connectivity index (χ2v) is 4.55. The summed E-state index contributed by atoms with van der Waals surface area (Å²) in [6.45, 7) is 2.96. The zero-order valence-electron chi connectivity index (χ0n) is 10.4. The SMILES string of the molecule is CC(=O)OCC1C[C@H]2C=C[C@]1(COC(C)=O)OO2. The van der Waals surface area contributed by atoms with E-state index in [-0.39, 0.29) is 37.2 Å². The highest BCUT2D eigenvalue weighted by molar-refractivity contribution is 5.66. The van der Waals surface area contributed by atoms with E-state index in [1.807, 2.05) is 12.2 Å². The first-order valence-corrected chi connectivity index (χ1v) is 5.82. The van der Waals surface area contributed by atoms with E-state index >= 15 is 0 Å². The summed E-state index contributed by atoms with van der Waals surface area (Å²) < 4.78 is 10.0. The average molecular weight is 256 g/mol. The van der Waals surface area contributed by atoms with Crippen LogP contribution in [0, 0.1) is 5.92 Å². The minimum absolute atomic E-state index is 0.0531. The predicted octanol–water partition coefficient (Wildman–Crippen LogP) is 0.758. The minimum Gasteiger partial charge on any atom is -0.465 e. The molecular formula is C12H16O6. The van der Waals surface area contributed by atoms with E-state index in [9.17, 15) is 9.59 Å². The monoisotopic (exact) mass is 256 g/mol. The van der Waals surface area contributed by atoms with E-state index < -0.39 is 5.60 Å². The van der Waals surface area contributed by atoms with Crippen LogP contribution in [0.4, 0.5) is 0 Å². The molecule has 0 radical (unpaired) electrons. The molecule has 0 amide bonds. The molecule has 0 N–H and O–H groups in total. The summed E-state index contributed by atoms with van der Waals surface area (Å²) >= 11 is 0. The highest BCUT2D eigenvalue weighted by atomic mass is 17.2. The normalized spacial score (nSPS) is 33.2. The second-order valence-electron chi connectivity index (χ2n) is 4.55. The van der Waals surface area contributed by atoms with E-state index in [0.29, 0.717) is 6.42 Å². The number of hydrogen-bond acceptors (Lipinski definition) is 6. The summed E-state index contributed by atoms with van der Waals surface area (Å²) in [5, 5.41) is 0. The van der Waals surface area contributed by atoms with Gasteiger partial charge in [0.25, 0.3) is 0 Å². The lowest BCUT2D eigenvalue weighted by Gasteiger charge is -2.45. The number of carbonyl (C=O) groups excluding carboxylic acids is 2. The summed E-state index contributed by atoms with van der Waals surface area (Å²) in [7, 11) is 0. The highest BCUT2D eigenvalue weighted by Gasteiger charge is 2.49. The molecule has 1 saturated heterocycles. The number of hydrogen-bond donors (Lipinski definition) is 0. The Kier molecular flexibility index (Phi) is 3.68. The molecule has 3 atom stereocenters. The van der Waals surface area contributed by atoms with Gasteiger partial charge < -0.3 is 9.47 Å². The van der Waals surface area contributed by atoms with Gasteiger partial charge in [0.1, 0.15) is 12.7 Å². The summed E-state index contributed by atoms with van der Waals surface area (Å²) in [6, 6.07) is 0. The Hall–Kier alpha value is -1.40. The van der Waals surface area contributed by atoms with E-state index in [1.165, 1.54) is 13.8 Å². The molecular weight excluding hydrogens is 240 g/mol. The van der Waals surface area contributed by atoms with Crippen LogP contribution >= 0.6 is 0 Å². The van der Waals surface area contributed by atoms with Gasteiger partial charge in [0.2, 0.25) is 0 Å². The number of carbonyl (C=O) groups is 2. The van der Waals surface area contributed by atoms with Crippen molar-refractivity contribution >= 4 is 11.9 Å². The first-order chi connectivity index (χ1) is 8.52. The van der Waals surface area contributed by atoms with Crippen molar-refractivity contribution in [3.8, 4) is 0 Å². The summed E-state index contributed by atoms with van der Waals surface area (Å²) in [5.74, 6) is -0.811. The maximum atomic E-state index is 10.9. The van der Waals surface area contributed by atoms with Crippen LogP contribution in [0.25, 0.3) is 0 Å². The molecule has 0 aromatic heterocycles. The van der Waals surface area contributed by atoms with E-state index in [2.05, 4.69) is 0 Å². The fourth-order valence-electron chi connectivity index (χ4n) is 2.11. The zero-order valence-corrected chi connectivity index (χ0v) is 10.4. The maximum absolute atomic E-state index is 10.9. The molecule has 2 aliphatic heterocycles. The van der Waals surface area contributed by atoms with E-state index in [1.54, 1.807) is 0 Å². The lowest BCUT2D eigenvalue weighted by atomic mass is 9.79. The molecule has 18 heavy (non-hydrogen) atoms. The fraction of sp³-hybridized carbons (Fsp3) is 0.667. The Morgan fingerprint density at radius 3 is 2.61 bits per heavy atom. The molecule has 6 heteroatoms. The first kappa shape index (κ1) is 13.0. The fourth-order valence-corrected chi connectivity index (χ4v) is 2.11. The third-order valence-corrected chi connectivity index (χ3v) is 3.12.